The van der Waals surface area contributed by atoms with Crippen LogP contribution in [-0.4, -0.2) is 46.6 Å². The van der Waals surface area contributed by atoms with Crippen LogP contribution in [0.2, 0.25) is 0 Å². The number of aliphatic hydroxyl groups is 2. The van der Waals surface area contributed by atoms with Gasteiger partial charge < -0.3 is 20.1 Å². The number of aliphatic carboxylic acids is 1. The zero-order valence-electron chi connectivity index (χ0n) is 13.3. The molecule has 0 aromatic carbocycles. The van der Waals surface area contributed by atoms with E-state index in [-0.39, 0.29) is 24.4 Å². The summed E-state index contributed by atoms with van der Waals surface area (Å²) >= 11 is 0. The Balaban J connectivity index is 4.36. The fraction of sp³-hybridized carbons (Fsp3) is 0.867. The predicted octanol–water partition coefficient (Wildman–Crippen LogP) is 1.44. The van der Waals surface area contributed by atoms with Crippen molar-refractivity contribution < 1.29 is 29.6 Å². The molecule has 0 aliphatic carbocycles. The highest BCUT2D eigenvalue weighted by atomic mass is 16.5. The van der Waals surface area contributed by atoms with E-state index in [1.165, 1.54) is 0 Å². The lowest BCUT2D eigenvalue weighted by atomic mass is 9.81. The number of carbonyl (C=O) groups excluding carboxylic acids is 1. The minimum absolute atomic E-state index is 0.105. The van der Waals surface area contributed by atoms with Crippen LogP contribution in [0, 0.1) is 17.3 Å². The standard InChI is InChI=1S/C15H28O6/c1-10(7-15(2,3)4)5-11(14(19)20)6-13(18)21-9-12(17)8-16/h10-12,16-17H,5-9H2,1-4H3,(H,19,20). The number of esters is 1. The first kappa shape index (κ1) is 19.9. The Bertz CT molecular complexity index is 334. The molecule has 0 spiro atoms. The van der Waals surface area contributed by atoms with Crippen molar-refractivity contribution in [3.05, 3.63) is 0 Å². The third-order valence-electron chi connectivity index (χ3n) is 3.06. The van der Waals surface area contributed by atoms with Crippen LogP contribution < -0.4 is 0 Å². The molecule has 3 N–H and O–H groups in total. The summed E-state index contributed by atoms with van der Waals surface area (Å²) in [7, 11) is 0. The average molecular weight is 304 g/mol. The van der Waals surface area contributed by atoms with Crippen molar-refractivity contribution in [3.8, 4) is 0 Å². The van der Waals surface area contributed by atoms with E-state index in [9.17, 15) is 14.7 Å². The smallest absolute Gasteiger partial charge is 0.307 e. The van der Waals surface area contributed by atoms with Gasteiger partial charge in [-0.2, -0.15) is 0 Å². The molecule has 3 atom stereocenters. The Hall–Kier alpha value is -1.14. The molecule has 124 valence electrons. The number of rotatable bonds is 9. The van der Waals surface area contributed by atoms with E-state index in [0.29, 0.717) is 6.42 Å². The van der Waals surface area contributed by atoms with Crippen LogP contribution in [0.1, 0.15) is 47.0 Å². The minimum atomic E-state index is -1.13. The largest absolute Gasteiger partial charge is 0.481 e. The first-order valence-corrected chi connectivity index (χ1v) is 7.22. The average Bonchev–Trinajstić information content (AvgIpc) is 2.32. The number of hydrogen-bond donors (Lipinski definition) is 3. The van der Waals surface area contributed by atoms with E-state index in [2.05, 4.69) is 20.8 Å². The summed E-state index contributed by atoms with van der Waals surface area (Å²) in [5.41, 5.74) is 0.105. The maximum absolute atomic E-state index is 11.6. The summed E-state index contributed by atoms with van der Waals surface area (Å²) in [5, 5.41) is 26.9. The van der Waals surface area contributed by atoms with Gasteiger partial charge in [0.05, 0.1) is 18.9 Å². The molecule has 0 aliphatic heterocycles. The van der Waals surface area contributed by atoms with Gasteiger partial charge in [-0.15, -0.1) is 0 Å². The minimum Gasteiger partial charge on any atom is -0.481 e. The van der Waals surface area contributed by atoms with Crippen LogP contribution in [0.5, 0.6) is 0 Å². The van der Waals surface area contributed by atoms with Gasteiger partial charge in [-0.05, 0) is 24.2 Å². The summed E-state index contributed by atoms with van der Waals surface area (Å²) in [6.45, 7) is 7.41. The van der Waals surface area contributed by atoms with Crippen molar-refractivity contribution in [1.82, 2.24) is 0 Å². The highest BCUT2D eigenvalue weighted by Crippen LogP contribution is 2.29. The molecule has 0 rings (SSSR count). The highest BCUT2D eigenvalue weighted by Gasteiger charge is 2.26. The molecule has 0 saturated carbocycles. The number of carbonyl (C=O) groups is 2. The zero-order chi connectivity index (χ0) is 16.6. The number of carboxylic acid groups (broad SMARTS) is 1. The summed E-state index contributed by atoms with van der Waals surface area (Å²) in [6.07, 6.45) is -0.0709. The van der Waals surface area contributed by atoms with Crippen molar-refractivity contribution in [2.45, 2.75) is 53.1 Å². The molecular weight excluding hydrogens is 276 g/mol. The first-order chi connectivity index (χ1) is 9.55. The van der Waals surface area contributed by atoms with Crippen LogP contribution in [-0.2, 0) is 14.3 Å². The van der Waals surface area contributed by atoms with E-state index in [1.807, 2.05) is 6.92 Å². The first-order valence-electron chi connectivity index (χ1n) is 7.22. The lowest BCUT2D eigenvalue weighted by Gasteiger charge is -2.25. The number of ether oxygens (including phenoxy) is 1. The van der Waals surface area contributed by atoms with Gasteiger partial charge in [0, 0.05) is 0 Å². The molecule has 6 nitrogen and oxygen atoms in total. The van der Waals surface area contributed by atoms with Crippen LogP contribution in [0.15, 0.2) is 0 Å². The van der Waals surface area contributed by atoms with Gasteiger partial charge in [-0.3, -0.25) is 9.59 Å². The van der Waals surface area contributed by atoms with Crippen LogP contribution in [0.25, 0.3) is 0 Å². The molecule has 3 unspecified atom stereocenters. The Kier molecular flexibility index (Phi) is 8.51. The quantitative estimate of drug-likeness (QED) is 0.557. The Morgan fingerprint density at radius 3 is 2.24 bits per heavy atom. The predicted molar refractivity (Wildman–Crippen MR) is 77.6 cm³/mol. The molecule has 0 radical (unpaired) electrons. The summed E-state index contributed by atoms with van der Waals surface area (Å²) in [6, 6.07) is 0. The zero-order valence-corrected chi connectivity index (χ0v) is 13.3. The number of hydrogen-bond acceptors (Lipinski definition) is 5. The van der Waals surface area contributed by atoms with Gasteiger partial charge in [0.25, 0.3) is 0 Å². The van der Waals surface area contributed by atoms with E-state index in [0.717, 1.165) is 6.42 Å². The second kappa shape index (κ2) is 9.00. The molecule has 21 heavy (non-hydrogen) atoms. The second-order valence-electron chi connectivity index (χ2n) is 6.86. The van der Waals surface area contributed by atoms with E-state index < -0.39 is 30.6 Å². The maximum atomic E-state index is 11.6. The molecule has 0 saturated heterocycles. The van der Waals surface area contributed by atoms with Gasteiger partial charge in [0.2, 0.25) is 0 Å². The van der Waals surface area contributed by atoms with Gasteiger partial charge in [0.15, 0.2) is 0 Å². The van der Waals surface area contributed by atoms with Crippen molar-refractivity contribution in [2.24, 2.45) is 17.3 Å². The van der Waals surface area contributed by atoms with E-state index >= 15 is 0 Å². The summed E-state index contributed by atoms with van der Waals surface area (Å²) in [4.78, 5) is 22.8. The third-order valence-corrected chi connectivity index (χ3v) is 3.06. The molecule has 0 amide bonds. The lowest BCUT2D eigenvalue weighted by Crippen LogP contribution is -2.26. The van der Waals surface area contributed by atoms with Crippen LogP contribution in [0.3, 0.4) is 0 Å². The maximum Gasteiger partial charge on any atom is 0.307 e. The van der Waals surface area contributed by atoms with Crippen molar-refractivity contribution in [2.75, 3.05) is 13.2 Å². The van der Waals surface area contributed by atoms with Crippen molar-refractivity contribution >= 4 is 11.9 Å². The van der Waals surface area contributed by atoms with Crippen LogP contribution >= 0.6 is 0 Å². The van der Waals surface area contributed by atoms with Gasteiger partial charge >= 0.3 is 11.9 Å². The molecule has 0 aliphatic rings. The molecule has 0 heterocycles. The van der Waals surface area contributed by atoms with Gasteiger partial charge in [0.1, 0.15) is 12.7 Å². The third kappa shape index (κ3) is 10.3. The van der Waals surface area contributed by atoms with Crippen LogP contribution in [0.4, 0.5) is 0 Å². The highest BCUT2D eigenvalue weighted by molar-refractivity contribution is 5.78. The Labute approximate surface area is 126 Å². The van der Waals surface area contributed by atoms with Crippen molar-refractivity contribution in [1.29, 1.82) is 0 Å². The Morgan fingerprint density at radius 1 is 1.24 bits per heavy atom. The lowest BCUT2D eigenvalue weighted by molar-refractivity contribution is -0.154. The second-order valence-corrected chi connectivity index (χ2v) is 6.86. The fourth-order valence-electron chi connectivity index (χ4n) is 2.39. The van der Waals surface area contributed by atoms with Crippen molar-refractivity contribution in [3.63, 3.8) is 0 Å². The summed E-state index contributed by atoms with van der Waals surface area (Å²) < 4.78 is 4.75. The van der Waals surface area contributed by atoms with E-state index in [1.54, 1.807) is 0 Å². The van der Waals surface area contributed by atoms with E-state index in [4.69, 9.17) is 14.9 Å². The van der Waals surface area contributed by atoms with Gasteiger partial charge in [-0.1, -0.05) is 27.7 Å². The number of aliphatic hydroxyl groups excluding tert-OH is 2. The molecule has 0 aromatic rings. The SMILES string of the molecule is CC(CC(CC(=O)OCC(O)CO)C(=O)O)CC(C)(C)C. The molecular formula is C15H28O6. The summed E-state index contributed by atoms with van der Waals surface area (Å²) in [5.74, 6) is -2.30. The number of carboxylic acids is 1. The normalized spacial score (nSPS) is 16.1. The fourth-order valence-corrected chi connectivity index (χ4v) is 2.39. The topological polar surface area (TPSA) is 104 Å². The molecule has 0 bridgehead atoms. The monoisotopic (exact) mass is 304 g/mol. The molecule has 0 aromatic heterocycles. The van der Waals surface area contributed by atoms with Gasteiger partial charge in [-0.25, -0.2) is 0 Å². The molecule has 6 heteroatoms. The molecule has 0 fully saturated rings. The Morgan fingerprint density at radius 2 is 1.81 bits per heavy atom.